The van der Waals surface area contributed by atoms with E-state index in [1.54, 1.807) is 37.4 Å². The van der Waals surface area contributed by atoms with Crippen molar-refractivity contribution in [3.8, 4) is 5.75 Å². The number of nitrogens with one attached hydrogen (secondary N) is 1. The third-order valence-corrected chi connectivity index (χ3v) is 6.98. The van der Waals surface area contributed by atoms with Gasteiger partial charge in [-0.1, -0.05) is 24.3 Å². The maximum atomic E-state index is 13.3. The monoisotopic (exact) mass is 498 g/mol. The van der Waals surface area contributed by atoms with Crippen molar-refractivity contribution in [2.45, 2.75) is 26.4 Å². The molecular formula is C29H30N4O4. The van der Waals surface area contributed by atoms with E-state index < -0.39 is 11.2 Å². The van der Waals surface area contributed by atoms with Crippen LogP contribution in [0.4, 0.5) is 5.69 Å². The van der Waals surface area contributed by atoms with E-state index >= 15 is 0 Å². The minimum Gasteiger partial charge on any atom is -0.497 e. The van der Waals surface area contributed by atoms with Gasteiger partial charge in [0.15, 0.2) is 0 Å². The first-order valence-electron chi connectivity index (χ1n) is 12.4. The minimum atomic E-state index is -0.515. The summed E-state index contributed by atoms with van der Waals surface area (Å²) in [7, 11) is 1.58. The van der Waals surface area contributed by atoms with Gasteiger partial charge in [-0.15, -0.1) is 0 Å². The predicted octanol–water partition coefficient (Wildman–Crippen LogP) is 3.41. The number of aryl methyl sites for hydroxylation is 1. The number of piperazine rings is 1. The van der Waals surface area contributed by atoms with Crippen molar-refractivity contribution < 1.29 is 9.53 Å². The molecule has 8 heteroatoms. The topological polar surface area (TPSA) is 87.6 Å². The molecule has 0 bridgehead atoms. The smallest absolute Gasteiger partial charge is 0.329 e. The summed E-state index contributed by atoms with van der Waals surface area (Å²) in [5.41, 5.74) is 3.07. The summed E-state index contributed by atoms with van der Waals surface area (Å²) >= 11 is 0. The van der Waals surface area contributed by atoms with E-state index in [1.165, 1.54) is 5.56 Å². The summed E-state index contributed by atoms with van der Waals surface area (Å²) in [6.07, 6.45) is 0. The van der Waals surface area contributed by atoms with E-state index in [1.807, 2.05) is 17.0 Å². The molecule has 0 saturated carbocycles. The Balaban J connectivity index is 1.36. The highest BCUT2D eigenvalue weighted by Gasteiger charge is 2.28. The van der Waals surface area contributed by atoms with Crippen molar-refractivity contribution in [3.63, 3.8) is 0 Å². The maximum Gasteiger partial charge on any atom is 0.329 e. The first-order chi connectivity index (χ1) is 17.8. The molecule has 2 heterocycles. The molecule has 1 aliphatic heterocycles. The summed E-state index contributed by atoms with van der Waals surface area (Å²) in [5.74, 6) is 0.590. The molecule has 1 fully saturated rings. The van der Waals surface area contributed by atoms with Gasteiger partial charge in [0.25, 0.3) is 11.5 Å². The van der Waals surface area contributed by atoms with Gasteiger partial charge in [0.2, 0.25) is 0 Å². The van der Waals surface area contributed by atoms with E-state index in [4.69, 9.17) is 4.74 Å². The van der Waals surface area contributed by atoms with Crippen molar-refractivity contribution in [2.75, 3.05) is 31.6 Å². The largest absolute Gasteiger partial charge is 0.497 e. The fraction of sp³-hybridized carbons (Fsp3) is 0.276. The van der Waals surface area contributed by atoms with E-state index in [0.29, 0.717) is 35.3 Å². The van der Waals surface area contributed by atoms with Crippen molar-refractivity contribution in [3.05, 3.63) is 104 Å². The number of hydrogen-bond acceptors (Lipinski definition) is 5. The number of rotatable bonds is 5. The van der Waals surface area contributed by atoms with Gasteiger partial charge in [0, 0.05) is 36.9 Å². The molecule has 37 heavy (non-hydrogen) atoms. The van der Waals surface area contributed by atoms with Crippen LogP contribution in [-0.4, -0.2) is 53.1 Å². The van der Waals surface area contributed by atoms with Crippen LogP contribution in [0.1, 0.15) is 28.4 Å². The second-order valence-corrected chi connectivity index (χ2v) is 9.56. The molecule has 0 unspecified atom stereocenters. The lowest BCUT2D eigenvalue weighted by atomic mass is 10.1. The lowest BCUT2D eigenvalue weighted by Gasteiger charge is -2.41. The number of aromatic amines is 1. The number of ether oxygens (including phenoxy) is 1. The first-order valence-corrected chi connectivity index (χ1v) is 12.4. The number of carbonyl (C=O) groups is 1. The van der Waals surface area contributed by atoms with Crippen LogP contribution in [0.3, 0.4) is 0 Å². The highest BCUT2D eigenvalue weighted by molar-refractivity contribution is 5.97. The van der Waals surface area contributed by atoms with Crippen LogP contribution in [-0.2, 0) is 6.54 Å². The molecule has 3 aromatic carbocycles. The Hall–Kier alpha value is -4.33. The number of nitrogens with zero attached hydrogens (tertiary/aromatic N) is 3. The maximum absolute atomic E-state index is 13.3. The van der Waals surface area contributed by atoms with Crippen molar-refractivity contribution in [2.24, 2.45) is 0 Å². The number of amides is 1. The number of hydrogen-bond donors (Lipinski definition) is 1. The molecule has 8 nitrogen and oxygen atoms in total. The average Bonchev–Trinajstić information content (AvgIpc) is 2.90. The number of carbonyl (C=O) groups excluding carboxylic acids is 1. The van der Waals surface area contributed by atoms with Crippen LogP contribution >= 0.6 is 0 Å². The Morgan fingerprint density at radius 2 is 1.81 bits per heavy atom. The second kappa shape index (κ2) is 9.97. The molecule has 1 saturated heterocycles. The Labute approximate surface area is 214 Å². The van der Waals surface area contributed by atoms with Gasteiger partial charge in [-0.3, -0.25) is 14.2 Å². The highest BCUT2D eigenvalue weighted by atomic mass is 16.5. The minimum absolute atomic E-state index is 0.110. The zero-order valence-electron chi connectivity index (χ0n) is 21.2. The molecule has 1 aromatic heterocycles. The summed E-state index contributed by atoms with van der Waals surface area (Å²) in [4.78, 5) is 46.2. The number of benzene rings is 3. The van der Waals surface area contributed by atoms with Gasteiger partial charge in [-0.2, -0.15) is 0 Å². The van der Waals surface area contributed by atoms with Gasteiger partial charge in [-0.25, -0.2) is 4.79 Å². The van der Waals surface area contributed by atoms with Crippen LogP contribution in [0.2, 0.25) is 0 Å². The Morgan fingerprint density at radius 3 is 2.51 bits per heavy atom. The molecular weight excluding hydrogens is 468 g/mol. The number of fused-ring (bicyclic) bond motifs is 1. The predicted molar refractivity (Wildman–Crippen MR) is 145 cm³/mol. The van der Waals surface area contributed by atoms with Crippen LogP contribution in [0.15, 0.2) is 76.3 Å². The van der Waals surface area contributed by atoms with Gasteiger partial charge < -0.3 is 19.5 Å². The highest BCUT2D eigenvalue weighted by Crippen LogP contribution is 2.23. The lowest BCUT2D eigenvalue weighted by Crippen LogP contribution is -2.53. The number of methoxy groups -OCH3 is 1. The summed E-state index contributed by atoms with van der Waals surface area (Å²) < 4.78 is 6.33. The van der Waals surface area contributed by atoms with Crippen LogP contribution < -0.4 is 20.9 Å². The van der Waals surface area contributed by atoms with Crippen molar-refractivity contribution in [1.29, 1.82) is 0 Å². The third-order valence-electron chi connectivity index (χ3n) is 6.98. The molecule has 0 spiro atoms. The van der Waals surface area contributed by atoms with E-state index in [0.717, 1.165) is 22.4 Å². The van der Waals surface area contributed by atoms with Gasteiger partial charge in [0.05, 0.1) is 24.6 Å². The van der Waals surface area contributed by atoms with Crippen molar-refractivity contribution >= 4 is 22.5 Å². The van der Waals surface area contributed by atoms with Gasteiger partial charge in [-0.05, 0) is 67.4 Å². The fourth-order valence-electron chi connectivity index (χ4n) is 4.96. The molecule has 0 aliphatic carbocycles. The Bertz CT molecular complexity index is 1570. The Morgan fingerprint density at radius 1 is 1.03 bits per heavy atom. The van der Waals surface area contributed by atoms with E-state index in [-0.39, 0.29) is 18.5 Å². The Kier molecular flexibility index (Phi) is 6.56. The first kappa shape index (κ1) is 24.4. The van der Waals surface area contributed by atoms with E-state index in [2.05, 4.69) is 48.0 Å². The molecule has 1 aliphatic rings. The standard InChI is InChI=1S/C29H30N4O4/c1-19-5-4-6-23(15-19)32-14-13-31(17-20(32)2)27(34)22-9-12-25-26(16-22)30-29(36)33(28(25)35)18-21-7-10-24(37-3)11-8-21/h4-12,15-16,20H,13-14,17-18H2,1-3H3,(H,30,36)/t20-/m0/s1. The molecule has 5 rings (SSSR count). The van der Waals surface area contributed by atoms with E-state index in [9.17, 15) is 14.4 Å². The molecule has 1 atom stereocenters. The number of anilines is 1. The fourth-order valence-corrected chi connectivity index (χ4v) is 4.96. The quantitative estimate of drug-likeness (QED) is 0.456. The molecule has 1 amide bonds. The van der Waals surface area contributed by atoms with Gasteiger partial charge in [0.1, 0.15) is 5.75 Å². The number of aromatic nitrogens is 2. The molecule has 1 N–H and O–H groups in total. The number of H-pyrrole nitrogens is 1. The van der Waals surface area contributed by atoms with Gasteiger partial charge >= 0.3 is 5.69 Å². The zero-order valence-corrected chi connectivity index (χ0v) is 21.2. The summed E-state index contributed by atoms with van der Waals surface area (Å²) in [6.45, 7) is 6.24. The zero-order chi connectivity index (χ0) is 26.1. The molecule has 0 radical (unpaired) electrons. The van der Waals surface area contributed by atoms with Crippen molar-refractivity contribution in [1.82, 2.24) is 14.5 Å². The van der Waals surface area contributed by atoms with Crippen LogP contribution in [0.25, 0.3) is 10.9 Å². The SMILES string of the molecule is COc1ccc(Cn2c(=O)[nH]c3cc(C(=O)N4CCN(c5cccc(C)c5)[C@@H](C)C4)ccc3c2=O)cc1. The average molecular weight is 499 g/mol. The second-order valence-electron chi connectivity index (χ2n) is 9.56. The van der Waals surface area contributed by atoms with Crippen LogP contribution in [0, 0.1) is 6.92 Å². The molecule has 4 aromatic rings. The third kappa shape index (κ3) is 4.87. The normalized spacial score (nSPS) is 15.7. The molecule has 190 valence electrons. The summed E-state index contributed by atoms with van der Waals surface area (Å²) in [6, 6.07) is 20.6. The lowest BCUT2D eigenvalue weighted by molar-refractivity contribution is 0.0726. The summed E-state index contributed by atoms with van der Waals surface area (Å²) in [5, 5.41) is 0.363. The van der Waals surface area contributed by atoms with Crippen LogP contribution in [0.5, 0.6) is 5.75 Å².